The first kappa shape index (κ1) is 20.3. The van der Waals surface area contributed by atoms with Crippen molar-refractivity contribution in [1.29, 1.82) is 0 Å². The Morgan fingerprint density at radius 1 is 1.09 bits per heavy atom. The summed E-state index contributed by atoms with van der Waals surface area (Å²) in [7, 11) is 0. The summed E-state index contributed by atoms with van der Waals surface area (Å²) in [5, 5.41) is 39.4. The van der Waals surface area contributed by atoms with Gasteiger partial charge in [0, 0.05) is 6.61 Å². The van der Waals surface area contributed by atoms with Gasteiger partial charge in [-0.25, -0.2) is 0 Å². The maximum atomic E-state index is 10.6. The zero-order chi connectivity index (χ0) is 17.2. The molecule has 0 spiro atoms. The number of carboxylic acid groups (broad SMARTS) is 1. The molecule has 0 saturated carbocycles. The average Bonchev–Trinajstić information content (AvgIpc) is 2.80. The number of hydrogen-bond donors (Lipinski definition) is 3. The minimum atomic E-state index is -2.00. The van der Waals surface area contributed by atoms with Gasteiger partial charge in [0.05, 0.1) is 5.97 Å². The number of carbonyl (C=O) groups excluding carboxylic acids is 1. The van der Waals surface area contributed by atoms with Crippen LogP contribution in [0.15, 0.2) is 0 Å². The molecule has 7 heteroatoms. The molecule has 136 valence electrons. The second-order valence-electron chi connectivity index (χ2n) is 6.06. The smallest absolute Gasteiger partial charge is 0.186 e. The molecule has 5 atom stereocenters. The van der Waals surface area contributed by atoms with Crippen LogP contribution in [0.3, 0.4) is 0 Å². The molecule has 0 amide bonds. The Morgan fingerprint density at radius 3 is 2.22 bits per heavy atom. The van der Waals surface area contributed by atoms with E-state index in [0.29, 0.717) is 6.61 Å². The van der Waals surface area contributed by atoms with E-state index < -0.39 is 36.7 Å². The van der Waals surface area contributed by atoms with Crippen LogP contribution in [0.1, 0.15) is 58.3 Å². The van der Waals surface area contributed by atoms with Crippen LogP contribution in [0.4, 0.5) is 0 Å². The third-order valence-corrected chi connectivity index (χ3v) is 4.09. The Hall–Kier alpha value is -0.730. The minimum absolute atomic E-state index is 0.345. The monoisotopic (exact) mass is 333 g/mol. The van der Waals surface area contributed by atoms with E-state index in [-0.39, 0.29) is 0 Å². The SMILES string of the molecule is CCCCCCCCCCO[C@@H]1O[C@@H](C(O)C(=O)[O-])C(O)C1O. The van der Waals surface area contributed by atoms with Crippen molar-refractivity contribution in [3.63, 3.8) is 0 Å². The molecule has 1 saturated heterocycles. The minimum Gasteiger partial charge on any atom is -0.547 e. The molecule has 1 rings (SSSR count). The number of ether oxygens (including phenoxy) is 2. The zero-order valence-electron chi connectivity index (χ0n) is 13.7. The van der Waals surface area contributed by atoms with Gasteiger partial charge in [-0.15, -0.1) is 0 Å². The van der Waals surface area contributed by atoms with Crippen LogP contribution in [0.25, 0.3) is 0 Å². The predicted molar refractivity (Wildman–Crippen MR) is 80.3 cm³/mol. The molecule has 1 heterocycles. The maximum Gasteiger partial charge on any atom is 0.186 e. The molecule has 0 radical (unpaired) electrons. The number of carboxylic acids is 1. The van der Waals surface area contributed by atoms with Crippen LogP contribution in [-0.2, 0) is 14.3 Å². The van der Waals surface area contributed by atoms with Crippen LogP contribution in [0.5, 0.6) is 0 Å². The molecule has 0 bridgehead atoms. The van der Waals surface area contributed by atoms with Crippen LogP contribution in [-0.4, -0.2) is 58.6 Å². The van der Waals surface area contributed by atoms with Crippen molar-refractivity contribution < 1.29 is 34.7 Å². The van der Waals surface area contributed by atoms with Gasteiger partial charge in [-0.3, -0.25) is 0 Å². The first-order valence-electron chi connectivity index (χ1n) is 8.51. The maximum absolute atomic E-state index is 10.6. The third kappa shape index (κ3) is 6.73. The highest BCUT2D eigenvalue weighted by atomic mass is 16.7. The molecule has 23 heavy (non-hydrogen) atoms. The molecule has 1 fully saturated rings. The average molecular weight is 333 g/mol. The lowest BCUT2D eigenvalue weighted by Gasteiger charge is -2.21. The van der Waals surface area contributed by atoms with E-state index in [1.165, 1.54) is 32.1 Å². The summed E-state index contributed by atoms with van der Waals surface area (Å²) in [6.45, 7) is 2.53. The Balaban J connectivity index is 2.14. The molecule has 3 unspecified atom stereocenters. The Kier molecular flexibility index (Phi) is 9.66. The zero-order valence-corrected chi connectivity index (χ0v) is 13.7. The topological polar surface area (TPSA) is 119 Å². The Bertz CT molecular complexity index is 336. The number of carbonyl (C=O) groups is 1. The van der Waals surface area contributed by atoms with Gasteiger partial charge in [0.15, 0.2) is 6.29 Å². The van der Waals surface area contributed by atoms with E-state index in [9.17, 15) is 25.2 Å². The van der Waals surface area contributed by atoms with Crippen LogP contribution in [0, 0.1) is 0 Å². The number of hydrogen-bond acceptors (Lipinski definition) is 7. The van der Waals surface area contributed by atoms with E-state index in [4.69, 9.17) is 9.47 Å². The van der Waals surface area contributed by atoms with Crippen molar-refractivity contribution >= 4 is 5.97 Å². The highest BCUT2D eigenvalue weighted by Gasteiger charge is 2.46. The summed E-state index contributed by atoms with van der Waals surface area (Å²) >= 11 is 0. The van der Waals surface area contributed by atoms with E-state index in [1.807, 2.05) is 0 Å². The first-order valence-corrected chi connectivity index (χ1v) is 8.51. The number of unbranched alkanes of at least 4 members (excludes halogenated alkanes) is 7. The fourth-order valence-corrected chi connectivity index (χ4v) is 2.64. The van der Waals surface area contributed by atoms with Gasteiger partial charge in [-0.2, -0.15) is 0 Å². The standard InChI is InChI=1S/C16H30O7/c1-2-3-4-5-6-7-8-9-10-22-16-12(18)11(17)14(23-16)13(19)15(20)21/h11-14,16-19H,2-10H2,1H3,(H,20,21)/p-1/t11?,12?,13?,14-,16-/m1/s1. The quantitative estimate of drug-likeness (QED) is 0.420. The fourth-order valence-electron chi connectivity index (χ4n) is 2.64. The summed E-state index contributed by atoms with van der Waals surface area (Å²) < 4.78 is 10.4. The van der Waals surface area contributed by atoms with Crippen LogP contribution in [0.2, 0.25) is 0 Å². The largest absolute Gasteiger partial charge is 0.547 e. The fraction of sp³-hybridized carbons (Fsp3) is 0.938. The summed E-state index contributed by atoms with van der Waals surface area (Å²) in [5.41, 5.74) is 0. The molecule has 0 aromatic heterocycles. The van der Waals surface area contributed by atoms with Crippen LogP contribution < -0.4 is 5.11 Å². The summed E-state index contributed by atoms with van der Waals surface area (Å²) in [6, 6.07) is 0. The van der Waals surface area contributed by atoms with Gasteiger partial charge >= 0.3 is 0 Å². The predicted octanol–water partition coefficient (Wildman–Crippen LogP) is -0.299. The lowest BCUT2D eigenvalue weighted by molar-refractivity contribution is -0.320. The summed E-state index contributed by atoms with van der Waals surface area (Å²) in [6.07, 6.45) is 1.66. The Labute approximate surface area is 137 Å². The van der Waals surface area contributed by atoms with Crippen molar-refractivity contribution in [2.45, 2.75) is 89.0 Å². The molecular weight excluding hydrogens is 304 g/mol. The van der Waals surface area contributed by atoms with Crippen molar-refractivity contribution in [1.82, 2.24) is 0 Å². The summed E-state index contributed by atoms with van der Waals surface area (Å²) in [4.78, 5) is 10.6. The molecule has 1 aliphatic heterocycles. The number of aliphatic hydroxyl groups excluding tert-OH is 3. The third-order valence-electron chi connectivity index (χ3n) is 4.09. The highest BCUT2D eigenvalue weighted by molar-refractivity contribution is 5.70. The molecule has 3 N–H and O–H groups in total. The highest BCUT2D eigenvalue weighted by Crippen LogP contribution is 2.24. The molecule has 0 aromatic rings. The second-order valence-corrected chi connectivity index (χ2v) is 6.06. The first-order chi connectivity index (χ1) is 11.0. The van der Waals surface area contributed by atoms with Crippen molar-refractivity contribution in [2.24, 2.45) is 0 Å². The lowest BCUT2D eigenvalue weighted by Crippen LogP contribution is -2.48. The van der Waals surface area contributed by atoms with E-state index in [2.05, 4.69) is 6.92 Å². The number of rotatable bonds is 12. The van der Waals surface area contributed by atoms with E-state index >= 15 is 0 Å². The van der Waals surface area contributed by atoms with Crippen molar-refractivity contribution in [2.75, 3.05) is 6.61 Å². The second kappa shape index (κ2) is 10.9. The Morgan fingerprint density at radius 2 is 1.65 bits per heavy atom. The van der Waals surface area contributed by atoms with Gasteiger partial charge < -0.3 is 34.7 Å². The normalized spacial score (nSPS) is 28.9. The van der Waals surface area contributed by atoms with Gasteiger partial charge in [0.2, 0.25) is 0 Å². The number of aliphatic hydroxyl groups is 3. The van der Waals surface area contributed by atoms with Crippen molar-refractivity contribution in [3.8, 4) is 0 Å². The lowest BCUT2D eigenvalue weighted by atomic mass is 10.1. The molecule has 7 nitrogen and oxygen atoms in total. The molecule has 0 aromatic carbocycles. The van der Waals surface area contributed by atoms with Gasteiger partial charge in [0.1, 0.15) is 24.4 Å². The van der Waals surface area contributed by atoms with Gasteiger partial charge in [-0.05, 0) is 6.42 Å². The van der Waals surface area contributed by atoms with Crippen molar-refractivity contribution in [3.05, 3.63) is 0 Å². The van der Waals surface area contributed by atoms with Crippen LogP contribution >= 0.6 is 0 Å². The molecule has 0 aliphatic carbocycles. The molecule has 1 aliphatic rings. The number of aliphatic carboxylic acids is 1. The van der Waals surface area contributed by atoms with E-state index in [0.717, 1.165) is 19.3 Å². The van der Waals surface area contributed by atoms with E-state index in [1.54, 1.807) is 0 Å². The van der Waals surface area contributed by atoms with Gasteiger partial charge in [0.25, 0.3) is 0 Å². The summed E-state index contributed by atoms with van der Waals surface area (Å²) in [5.74, 6) is -1.76. The molecular formula is C16H29O7-. The van der Waals surface area contributed by atoms with Gasteiger partial charge in [-0.1, -0.05) is 51.9 Å².